The lowest BCUT2D eigenvalue weighted by Crippen LogP contribution is -2.42. The third-order valence-electron chi connectivity index (χ3n) is 3.46. The summed E-state index contributed by atoms with van der Waals surface area (Å²) in [7, 11) is 0. The molecular weight excluding hydrogens is 214 g/mol. The maximum absolute atomic E-state index is 10.0. The third-order valence-corrected chi connectivity index (χ3v) is 3.46. The highest BCUT2D eigenvalue weighted by atomic mass is 16.6. The number of ether oxygens (including phenoxy) is 1. The number of hydrogen-bond acceptors (Lipinski definition) is 3. The Morgan fingerprint density at radius 1 is 1.18 bits per heavy atom. The van der Waals surface area contributed by atoms with E-state index < -0.39 is 0 Å². The summed E-state index contributed by atoms with van der Waals surface area (Å²) in [5, 5.41) is 10.0. The van der Waals surface area contributed by atoms with E-state index in [0.717, 1.165) is 26.0 Å². The molecule has 3 nitrogen and oxygen atoms in total. The summed E-state index contributed by atoms with van der Waals surface area (Å²) >= 11 is 0. The highest BCUT2D eigenvalue weighted by Gasteiger charge is 2.21. The van der Waals surface area contributed by atoms with Crippen LogP contribution in [0.2, 0.25) is 0 Å². The Bertz CT molecular complexity index is 194. The first kappa shape index (κ1) is 14.9. The van der Waals surface area contributed by atoms with Gasteiger partial charge in [0.25, 0.3) is 0 Å². The average Bonchev–Trinajstić information content (AvgIpc) is 3.04. The maximum atomic E-state index is 10.0. The van der Waals surface area contributed by atoms with Crippen LogP contribution in [0, 0.1) is 0 Å². The molecule has 0 aromatic heterocycles. The number of hydrogen-bond donors (Lipinski definition) is 1. The van der Waals surface area contributed by atoms with Crippen LogP contribution < -0.4 is 0 Å². The molecule has 0 spiro atoms. The summed E-state index contributed by atoms with van der Waals surface area (Å²) in [6.07, 6.45) is 4.75. The molecule has 2 unspecified atom stereocenters. The second kappa shape index (κ2) is 7.34. The number of rotatable bonds is 9. The van der Waals surface area contributed by atoms with Crippen LogP contribution >= 0.6 is 0 Å². The summed E-state index contributed by atoms with van der Waals surface area (Å²) in [5.41, 5.74) is 0. The molecule has 3 heteroatoms. The van der Waals surface area contributed by atoms with Gasteiger partial charge in [-0.25, -0.2) is 0 Å². The van der Waals surface area contributed by atoms with Crippen LogP contribution in [0.4, 0.5) is 0 Å². The van der Waals surface area contributed by atoms with Crippen LogP contribution in [0.1, 0.15) is 53.4 Å². The Morgan fingerprint density at radius 3 is 2.24 bits per heavy atom. The van der Waals surface area contributed by atoms with Crippen molar-refractivity contribution in [1.82, 2.24) is 4.90 Å². The van der Waals surface area contributed by atoms with E-state index in [9.17, 15) is 5.11 Å². The molecule has 1 heterocycles. The lowest BCUT2D eigenvalue weighted by molar-refractivity contribution is 0.0690. The monoisotopic (exact) mass is 243 g/mol. The first-order chi connectivity index (χ1) is 8.00. The van der Waals surface area contributed by atoms with Crippen molar-refractivity contribution in [2.24, 2.45) is 0 Å². The van der Waals surface area contributed by atoms with Crippen molar-refractivity contribution in [1.29, 1.82) is 0 Å². The van der Waals surface area contributed by atoms with Gasteiger partial charge in [0, 0.05) is 18.6 Å². The van der Waals surface area contributed by atoms with Gasteiger partial charge in [0.05, 0.1) is 18.8 Å². The molecule has 1 aliphatic heterocycles. The van der Waals surface area contributed by atoms with Crippen LogP contribution in [0.3, 0.4) is 0 Å². The summed E-state index contributed by atoms with van der Waals surface area (Å²) in [4.78, 5) is 2.36. The van der Waals surface area contributed by atoms with Gasteiger partial charge in [-0.15, -0.1) is 0 Å². The predicted molar refractivity (Wildman–Crippen MR) is 71.2 cm³/mol. The van der Waals surface area contributed by atoms with Crippen LogP contribution in [-0.4, -0.2) is 47.4 Å². The van der Waals surface area contributed by atoms with E-state index in [-0.39, 0.29) is 6.10 Å². The van der Waals surface area contributed by atoms with Gasteiger partial charge in [0.2, 0.25) is 0 Å². The second-order valence-electron chi connectivity index (χ2n) is 5.78. The molecular formula is C14H29NO2. The van der Waals surface area contributed by atoms with E-state index in [1.807, 2.05) is 0 Å². The molecule has 0 aliphatic carbocycles. The van der Waals surface area contributed by atoms with E-state index >= 15 is 0 Å². The Hall–Kier alpha value is -0.120. The fourth-order valence-corrected chi connectivity index (χ4v) is 2.34. The van der Waals surface area contributed by atoms with Crippen LogP contribution in [0.15, 0.2) is 0 Å². The molecule has 1 aliphatic rings. The molecule has 102 valence electrons. The van der Waals surface area contributed by atoms with Crippen molar-refractivity contribution in [2.45, 2.75) is 77.7 Å². The Morgan fingerprint density at radius 2 is 1.76 bits per heavy atom. The minimum Gasteiger partial charge on any atom is -0.392 e. The van der Waals surface area contributed by atoms with Gasteiger partial charge in [0.15, 0.2) is 0 Å². The minimum atomic E-state index is -0.181. The van der Waals surface area contributed by atoms with Crippen LogP contribution in [0.5, 0.6) is 0 Å². The lowest BCUT2D eigenvalue weighted by Gasteiger charge is -2.32. The first-order valence-electron chi connectivity index (χ1n) is 7.06. The zero-order valence-corrected chi connectivity index (χ0v) is 11.9. The molecule has 1 N–H and O–H groups in total. The molecule has 0 radical (unpaired) electrons. The number of aliphatic hydroxyl groups excluding tert-OH is 1. The largest absolute Gasteiger partial charge is 0.392 e. The van der Waals surface area contributed by atoms with Crippen molar-refractivity contribution >= 4 is 0 Å². The smallest absolute Gasteiger partial charge is 0.0810 e. The molecule has 1 saturated heterocycles. The van der Waals surface area contributed by atoms with Gasteiger partial charge in [-0.2, -0.15) is 0 Å². The molecule has 1 fully saturated rings. The maximum Gasteiger partial charge on any atom is 0.0810 e. The van der Waals surface area contributed by atoms with Gasteiger partial charge >= 0.3 is 0 Å². The predicted octanol–water partition coefficient (Wildman–Crippen LogP) is 2.43. The fraction of sp³-hybridized carbons (Fsp3) is 1.00. The molecule has 1 rings (SSSR count). The molecule has 0 aromatic rings. The number of nitrogens with zero attached hydrogens (tertiary/aromatic N) is 1. The first-order valence-corrected chi connectivity index (χ1v) is 7.06. The fourth-order valence-electron chi connectivity index (χ4n) is 2.34. The highest BCUT2D eigenvalue weighted by molar-refractivity contribution is 4.73. The summed E-state index contributed by atoms with van der Waals surface area (Å²) in [6, 6.07) is 1.01. The summed E-state index contributed by atoms with van der Waals surface area (Å²) in [5.74, 6) is 0. The topological polar surface area (TPSA) is 36.0 Å². The highest BCUT2D eigenvalue weighted by Crippen LogP contribution is 2.18. The zero-order valence-electron chi connectivity index (χ0n) is 11.9. The number of epoxide rings is 1. The normalized spacial score (nSPS) is 21.5. The SMILES string of the molecule is CC(C)N(CC(O)CCCCC1CO1)C(C)C. The molecule has 0 amide bonds. The molecule has 0 bridgehead atoms. The van der Waals surface area contributed by atoms with Crippen molar-refractivity contribution in [3.63, 3.8) is 0 Å². The van der Waals surface area contributed by atoms with Crippen molar-refractivity contribution in [3.05, 3.63) is 0 Å². The van der Waals surface area contributed by atoms with E-state index in [0.29, 0.717) is 18.2 Å². The van der Waals surface area contributed by atoms with Gasteiger partial charge in [0.1, 0.15) is 0 Å². The summed E-state index contributed by atoms with van der Waals surface area (Å²) in [6.45, 7) is 10.5. The van der Waals surface area contributed by atoms with Crippen molar-refractivity contribution in [2.75, 3.05) is 13.2 Å². The minimum absolute atomic E-state index is 0.181. The molecule has 2 atom stereocenters. The van der Waals surface area contributed by atoms with Crippen LogP contribution in [-0.2, 0) is 4.74 Å². The standard InChI is InChI=1S/C14H29NO2/c1-11(2)15(12(3)4)9-13(16)7-5-6-8-14-10-17-14/h11-14,16H,5-10H2,1-4H3. The Kier molecular flexibility index (Phi) is 6.45. The Balaban J connectivity index is 2.10. The number of aliphatic hydroxyl groups is 1. The van der Waals surface area contributed by atoms with E-state index in [1.165, 1.54) is 12.8 Å². The van der Waals surface area contributed by atoms with E-state index in [2.05, 4.69) is 32.6 Å². The second-order valence-corrected chi connectivity index (χ2v) is 5.78. The van der Waals surface area contributed by atoms with Crippen molar-refractivity contribution in [3.8, 4) is 0 Å². The van der Waals surface area contributed by atoms with Gasteiger partial charge in [-0.3, -0.25) is 4.90 Å². The van der Waals surface area contributed by atoms with Gasteiger partial charge in [-0.1, -0.05) is 12.8 Å². The van der Waals surface area contributed by atoms with Crippen molar-refractivity contribution < 1.29 is 9.84 Å². The number of unbranched alkanes of at least 4 members (excludes halogenated alkanes) is 1. The Labute approximate surface area is 106 Å². The average molecular weight is 243 g/mol. The molecule has 17 heavy (non-hydrogen) atoms. The van der Waals surface area contributed by atoms with Crippen LogP contribution in [0.25, 0.3) is 0 Å². The lowest BCUT2D eigenvalue weighted by atomic mass is 10.1. The summed E-state index contributed by atoms with van der Waals surface area (Å²) < 4.78 is 5.17. The quantitative estimate of drug-likeness (QED) is 0.499. The van der Waals surface area contributed by atoms with E-state index in [4.69, 9.17) is 4.74 Å². The van der Waals surface area contributed by atoms with Gasteiger partial charge in [-0.05, 0) is 40.5 Å². The molecule has 0 saturated carbocycles. The zero-order chi connectivity index (χ0) is 12.8. The molecule has 0 aromatic carbocycles. The van der Waals surface area contributed by atoms with E-state index in [1.54, 1.807) is 0 Å². The van der Waals surface area contributed by atoms with Gasteiger partial charge < -0.3 is 9.84 Å². The third kappa shape index (κ3) is 6.39.